The number of hydrogen-bond acceptors (Lipinski definition) is 4. The zero-order chi connectivity index (χ0) is 20.8. The number of nitrogens with zero attached hydrogens (tertiary/aromatic N) is 4. The Bertz CT molecular complexity index is 934. The number of benzene rings is 2. The minimum atomic E-state index is -0.477. The maximum atomic E-state index is 12.6. The van der Waals surface area contributed by atoms with Crippen molar-refractivity contribution in [3.63, 3.8) is 0 Å². The molecule has 2 N–H and O–H groups in total. The van der Waals surface area contributed by atoms with Crippen LogP contribution in [-0.4, -0.2) is 50.6 Å². The van der Waals surface area contributed by atoms with Crippen molar-refractivity contribution in [1.29, 1.82) is 0 Å². The first-order valence-electron chi connectivity index (χ1n) is 10.1. The molecule has 154 valence electrons. The molecule has 7 heteroatoms. The fourth-order valence-electron chi connectivity index (χ4n) is 3.71. The smallest absolute Gasteiger partial charge is 0.323 e. The largest absolute Gasteiger partial charge is 0.394 e. The summed E-state index contributed by atoms with van der Waals surface area (Å²) in [7, 11) is 0. The number of carbonyl (C=O) groups is 1. The first kappa shape index (κ1) is 19.8. The predicted octanol–water partition coefficient (Wildman–Crippen LogP) is 2.85. The molecule has 2 amide bonds. The van der Waals surface area contributed by atoms with Gasteiger partial charge in [0.15, 0.2) is 0 Å². The summed E-state index contributed by atoms with van der Waals surface area (Å²) in [6.45, 7) is 1.10. The van der Waals surface area contributed by atoms with E-state index in [4.69, 9.17) is 4.99 Å². The molecule has 0 radical (unpaired) electrons. The molecule has 0 saturated carbocycles. The average molecular weight is 403 g/mol. The number of aryl methyl sites for hydroxylation is 1. The second-order valence-corrected chi connectivity index (χ2v) is 7.21. The quantitative estimate of drug-likeness (QED) is 0.607. The van der Waals surface area contributed by atoms with Gasteiger partial charge >= 0.3 is 6.03 Å². The summed E-state index contributed by atoms with van der Waals surface area (Å²) in [5, 5.41) is 12.9. The van der Waals surface area contributed by atoms with Crippen LogP contribution in [0.5, 0.6) is 0 Å². The number of imidazole rings is 1. The number of hydrogen-bond donors (Lipinski definition) is 2. The number of rotatable bonds is 8. The molecule has 1 saturated heterocycles. The second-order valence-electron chi connectivity index (χ2n) is 7.21. The zero-order valence-electron chi connectivity index (χ0n) is 16.6. The topological polar surface area (TPSA) is 82.7 Å². The molecule has 1 fully saturated rings. The number of aliphatic hydroxyl groups excluding tert-OH is 1. The van der Waals surface area contributed by atoms with Crippen LogP contribution in [0.3, 0.4) is 0 Å². The van der Waals surface area contributed by atoms with Crippen molar-refractivity contribution in [3.8, 4) is 0 Å². The van der Waals surface area contributed by atoms with Crippen LogP contribution < -0.4 is 5.32 Å². The Kier molecular flexibility index (Phi) is 6.20. The van der Waals surface area contributed by atoms with Gasteiger partial charge in [-0.05, 0) is 17.5 Å². The number of aromatic nitrogens is 2. The van der Waals surface area contributed by atoms with E-state index in [1.54, 1.807) is 17.4 Å². The standard InChI is InChI=1S/C23H25N5O2/c29-16-20-22(26-23(30)28(20)14-7-13-27-15-12-24-17-27)25-21(18-8-3-1-4-9-18)19-10-5-2-6-11-19/h1-6,8-12,15,17,20-21,29H,7,13-14,16H2,(H,25,26,30). The highest BCUT2D eigenvalue weighted by atomic mass is 16.3. The van der Waals surface area contributed by atoms with Gasteiger partial charge < -0.3 is 14.6 Å². The fourth-order valence-corrected chi connectivity index (χ4v) is 3.71. The van der Waals surface area contributed by atoms with Crippen molar-refractivity contribution in [1.82, 2.24) is 19.8 Å². The monoisotopic (exact) mass is 403 g/mol. The Balaban J connectivity index is 1.56. The SMILES string of the molecule is O=C1NC(=NC(c2ccccc2)c2ccccc2)C(CO)N1CCCn1ccnc1. The first-order valence-corrected chi connectivity index (χ1v) is 10.1. The normalized spacial score (nSPS) is 17.7. The van der Waals surface area contributed by atoms with Crippen LogP contribution >= 0.6 is 0 Å². The molecule has 0 spiro atoms. The molecule has 1 aliphatic rings. The van der Waals surface area contributed by atoms with Gasteiger partial charge in [-0.1, -0.05) is 60.7 Å². The summed E-state index contributed by atoms with van der Waals surface area (Å²) < 4.78 is 1.97. The van der Waals surface area contributed by atoms with E-state index in [2.05, 4.69) is 10.3 Å². The summed E-state index contributed by atoms with van der Waals surface area (Å²) in [5.74, 6) is 0.503. The molecule has 1 atom stereocenters. The lowest BCUT2D eigenvalue weighted by molar-refractivity contribution is 0.174. The Morgan fingerprint density at radius 2 is 1.70 bits per heavy atom. The average Bonchev–Trinajstić information content (AvgIpc) is 3.41. The van der Waals surface area contributed by atoms with Crippen LogP contribution in [-0.2, 0) is 6.54 Å². The van der Waals surface area contributed by atoms with Gasteiger partial charge in [0.25, 0.3) is 0 Å². The van der Waals surface area contributed by atoms with Crippen molar-refractivity contribution >= 4 is 11.9 Å². The highest BCUT2D eigenvalue weighted by molar-refractivity contribution is 6.07. The number of amides is 2. The highest BCUT2D eigenvalue weighted by Crippen LogP contribution is 2.27. The summed E-state index contributed by atoms with van der Waals surface area (Å²) in [6.07, 6.45) is 6.14. The highest BCUT2D eigenvalue weighted by Gasteiger charge is 2.36. The van der Waals surface area contributed by atoms with E-state index < -0.39 is 6.04 Å². The van der Waals surface area contributed by atoms with Crippen molar-refractivity contribution in [2.75, 3.05) is 13.2 Å². The molecule has 2 heterocycles. The van der Waals surface area contributed by atoms with Gasteiger partial charge in [0.2, 0.25) is 0 Å². The molecular formula is C23H25N5O2. The zero-order valence-corrected chi connectivity index (χ0v) is 16.6. The Morgan fingerprint density at radius 3 is 2.27 bits per heavy atom. The third-order valence-corrected chi connectivity index (χ3v) is 5.23. The van der Waals surface area contributed by atoms with Crippen molar-refractivity contribution in [2.45, 2.75) is 25.0 Å². The van der Waals surface area contributed by atoms with E-state index in [-0.39, 0.29) is 18.7 Å². The van der Waals surface area contributed by atoms with Gasteiger partial charge in [0, 0.05) is 25.5 Å². The summed E-state index contributed by atoms with van der Waals surface area (Å²) in [5.41, 5.74) is 2.06. The lowest BCUT2D eigenvalue weighted by Gasteiger charge is -2.22. The summed E-state index contributed by atoms with van der Waals surface area (Å²) in [4.78, 5) is 23.2. The van der Waals surface area contributed by atoms with Crippen LogP contribution in [0.25, 0.3) is 0 Å². The number of urea groups is 1. The number of carbonyl (C=O) groups excluding carboxylic acids is 1. The lowest BCUT2D eigenvalue weighted by atomic mass is 9.99. The molecule has 1 aliphatic heterocycles. The number of nitrogens with one attached hydrogen (secondary N) is 1. The lowest BCUT2D eigenvalue weighted by Crippen LogP contribution is -2.39. The molecule has 0 bridgehead atoms. The summed E-state index contributed by atoms with van der Waals surface area (Å²) in [6, 6.07) is 19.0. The van der Waals surface area contributed by atoms with Crippen LogP contribution in [0.1, 0.15) is 23.6 Å². The van der Waals surface area contributed by atoms with Gasteiger partial charge in [0.05, 0.1) is 12.9 Å². The predicted molar refractivity (Wildman–Crippen MR) is 115 cm³/mol. The molecule has 2 aromatic carbocycles. The van der Waals surface area contributed by atoms with Crippen LogP contribution in [0.4, 0.5) is 4.79 Å². The molecule has 0 aliphatic carbocycles. The van der Waals surface area contributed by atoms with E-state index in [1.807, 2.05) is 71.4 Å². The van der Waals surface area contributed by atoms with Gasteiger partial charge in [-0.15, -0.1) is 0 Å². The van der Waals surface area contributed by atoms with Gasteiger partial charge in [0.1, 0.15) is 17.9 Å². The minimum Gasteiger partial charge on any atom is -0.394 e. The van der Waals surface area contributed by atoms with Crippen LogP contribution in [0.2, 0.25) is 0 Å². The first-order chi connectivity index (χ1) is 14.8. The van der Waals surface area contributed by atoms with Crippen LogP contribution in [0, 0.1) is 0 Å². The number of aliphatic hydroxyl groups is 1. The second kappa shape index (κ2) is 9.37. The van der Waals surface area contributed by atoms with Crippen molar-refractivity contribution < 1.29 is 9.90 Å². The van der Waals surface area contributed by atoms with Gasteiger partial charge in [-0.3, -0.25) is 10.3 Å². The molecule has 1 aromatic heterocycles. The molecule has 1 unspecified atom stereocenters. The molecule has 3 aromatic rings. The van der Waals surface area contributed by atoms with Crippen molar-refractivity contribution in [3.05, 3.63) is 90.5 Å². The van der Waals surface area contributed by atoms with Crippen molar-refractivity contribution in [2.24, 2.45) is 4.99 Å². The summed E-state index contributed by atoms with van der Waals surface area (Å²) >= 11 is 0. The van der Waals surface area contributed by atoms with Gasteiger partial charge in [-0.2, -0.15) is 0 Å². The minimum absolute atomic E-state index is 0.182. The maximum absolute atomic E-state index is 12.6. The van der Waals surface area contributed by atoms with E-state index in [0.717, 1.165) is 24.1 Å². The number of aliphatic imine (C=N–C) groups is 1. The van der Waals surface area contributed by atoms with E-state index in [9.17, 15) is 9.90 Å². The van der Waals surface area contributed by atoms with E-state index >= 15 is 0 Å². The fraction of sp³-hybridized carbons (Fsp3) is 0.261. The Hall–Kier alpha value is -3.45. The molecule has 30 heavy (non-hydrogen) atoms. The third kappa shape index (κ3) is 4.41. The Labute approximate surface area is 175 Å². The van der Waals surface area contributed by atoms with Gasteiger partial charge in [-0.25, -0.2) is 9.78 Å². The molecular weight excluding hydrogens is 378 g/mol. The van der Waals surface area contributed by atoms with E-state index in [1.165, 1.54) is 0 Å². The number of amidine groups is 1. The Morgan fingerprint density at radius 1 is 1.03 bits per heavy atom. The van der Waals surface area contributed by atoms with E-state index in [0.29, 0.717) is 12.4 Å². The molecule has 7 nitrogen and oxygen atoms in total. The third-order valence-electron chi connectivity index (χ3n) is 5.23. The molecule has 4 rings (SSSR count). The van der Waals surface area contributed by atoms with Crippen LogP contribution in [0.15, 0.2) is 84.4 Å². The maximum Gasteiger partial charge on any atom is 0.323 e.